The Labute approximate surface area is 101 Å². The van der Waals surface area contributed by atoms with Crippen LogP contribution in [0.3, 0.4) is 0 Å². The molecule has 0 radical (unpaired) electrons. The van der Waals surface area contributed by atoms with Crippen LogP contribution in [-0.2, 0) is 18.4 Å². The number of nitrogens with one attached hydrogen (secondary N) is 1. The van der Waals surface area contributed by atoms with E-state index in [1.807, 2.05) is 18.7 Å². The molecule has 0 aliphatic rings. The maximum atomic E-state index is 11.7. The lowest BCUT2D eigenvalue weighted by Crippen LogP contribution is -2.32. The second-order valence-electron chi connectivity index (χ2n) is 3.69. The minimum absolute atomic E-state index is 0.176. The third kappa shape index (κ3) is 4.48. The van der Waals surface area contributed by atoms with Crippen LogP contribution in [0.1, 0.15) is 26.1 Å². The highest BCUT2D eigenvalue weighted by Gasteiger charge is 2.08. The van der Waals surface area contributed by atoms with E-state index in [2.05, 4.69) is 20.7 Å². The predicted molar refractivity (Wildman–Crippen MR) is 63.0 cm³/mol. The normalized spacial score (nSPS) is 10.5. The van der Waals surface area contributed by atoms with Gasteiger partial charge in [-0.05, 0) is 19.1 Å². The largest absolute Gasteiger partial charge is 0.343 e. The van der Waals surface area contributed by atoms with Gasteiger partial charge in [-0.3, -0.25) is 4.79 Å². The summed E-state index contributed by atoms with van der Waals surface area (Å²) in [5.74, 6) is 0.817. The summed E-state index contributed by atoms with van der Waals surface area (Å²) >= 11 is 0. The van der Waals surface area contributed by atoms with Crippen LogP contribution in [0.25, 0.3) is 0 Å². The summed E-state index contributed by atoms with van der Waals surface area (Å²) in [6.45, 7) is 6.67. The van der Waals surface area contributed by atoms with Crippen molar-refractivity contribution in [3.05, 3.63) is 5.82 Å². The first-order valence-electron chi connectivity index (χ1n) is 5.88. The monoisotopic (exact) mass is 240 g/mol. The van der Waals surface area contributed by atoms with Crippen LogP contribution in [0.15, 0.2) is 0 Å². The lowest BCUT2D eigenvalue weighted by Gasteiger charge is -2.18. The van der Waals surface area contributed by atoms with Gasteiger partial charge >= 0.3 is 0 Å². The van der Waals surface area contributed by atoms with Crippen molar-refractivity contribution in [3.8, 4) is 0 Å². The van der Waals surface area contributed by atoms with Crippen LogP contribution < -0.4 is 5.32 Å². The molecule has 17 heavy (non-hydrogen) atoms. The number of nitrogens with zero attached hydrogens (tertiary/aromatic N) is 5. The number of aryl methyl sites for hydroxylation is 1. The molecule has 1 aromatic heterocycles. The Kier molecular flexibility index (Phi) is 5.55. The topological polar surface area (TPSA) is 75.9 Å². The van der Waals surface area contributed by atoms with Crippen LogP contribution in [0, 0.1) is 0 Å². The molecule has 1 aromatic rings. The van der Waals surface area contributed by atoms with E-state index in [0.717, 1.165) is 13.1 Å². The Bertz CT molecular complexity index is 346. The van der Waals surface area contributed by atoms with Crippen LogP contribution >= 0.6 is 0 Å². The van der Waals surface area contributed by atoms with Gasteiger partial charge in [-0.25, -0.2) is 0 Å². The average molecular weight is 240 g/mol. The van der Waals surface area contributed by atoms with Crippen LogP contribution in [-0.4, -0.2) is 50.6 Å². The fraction of sp³-hybridized carbons (Fsp3) is 0.800. The highest BCUT2D eigenvalue weighted by molar-refractivity contribution is 5.76. The molecule has 1 rings (SSSR count). The fourth-order valence-electron chi connectivity index (χ4n) is 1.52. The molecular weight excluding hydrogens is 220 g/mol. The van der Waals surface area contributed by atoms with Crippen molar-refractivity contribution < 1.29 is 4.79 Å². The van der Waals surface area contributed by atoms with Crippen molar-refractivity contribution in [2.45, 2.75) is 26.8 Å². The summed E-state index contributed by atoms with van der Waals surface area (Å²) in [5.41, 5.74) is 0. The maximum absolute atomic E-state index is 11.7. The molecule has 0 saturated carbocycles. The van der Waals surface area contributed by atoms with Gasteiger partial charge in [0.25, 0.3) is 0 Å². The third-order valence-electron chi connectivity index (χ3n) is 2.46. The summed E-state index contributed by atoms with van der Waals surface area (Å²) in [5, 5.41) is 14.7. The summed E-state index contributed by atoms with van der Waals surface area (Å²) in [6, 6.07) is 0. The molecule has 96 valence electrons. The highest BCUT2D eigenvalue weighted by Crippen LogP contribution is 1.93. The number of amides is 1. The Balaban J connectivity index is 2.17. The fourth-order valence-corrected chi connectivity index (χ4v) is 1.52. The van der Waals surface area contributed by atoms with Gasteiger partial charge in [0.15, 0.2) is 5.82 Å². The molecule has 1 N–H and O–H groups in total. The minimum atomic E-state index is 0.176. The van der Waals surface area contributed by atoms with Crippen molar-refractivity contribution in [3.63, 3.8) is 0 Å². The van der Waals surface area contributed by atoms with Crippen molar-refractivity contribution in [2.75, 3.05) is 19.6 Å². The second-order valence-corrected chi connectivity index (χ2v) is 3.69. The van der Waals surface area contributed by atoms with Gasteiger partial charge in [0.2, 0.25) is 5.91 Å². The van der Waals surface area contributed by atoms with E-state index < -0.39 is 0 Å². The second kappa shape index (κ2) is 6.95. The van der Waals surface area contributed by atoms with Gasteiger partial charge in [-0.15, -0.1) is 10.2 Å². The Hall–Kier alpha value is -1.50. The van der Waals surface area contributed by atoms with Gasteiger partial charge in [-0.2, -0.15) is 4.80 Å². The van der Waals surface area contributed by atoms with Gasteiger partial charge in [0.1, 0.15) is 0 Å². The summed E-state index contributed by atoms with van der Waals surface area (Å²) < 4.78 is 0. The maximum Gasteiger partial charge on any atom is 0.223 e. The molecule has 1 heterocycles. The molecule has 1 amide bonds. The zero-order valence-corrected chi connectivity index (χ0v) is 10.7. The van der Waals surface area contributed by atoms with Gasteiger partial charge in [-0.1, -0.05) is 0 Å². The molecule has 7 heteroatoms. The summed E-state index contributed by atoms with van der Waals surface area (Å²) in [7, 11) is 1.72. The van der Waals surface area contributed by atoms with Crippen LogP contribution in [0.2, 0.25) is 0 Å². The predicted octanol–water partition coefficient (Wildman–Crippen LogP) is -0.442. The summed E-state index contributed by atoms with van der Waals surface area (Å²) in [4.78, 5) is 14.9. The number of aromatic nitrogens is 4. The number of hydrogen-bond donors (Lipinski definition) is 1. The quantitative estimate of drug-likeness (QED) is 0.654. The highest BCUT2D eigenvalue weighted by atomic mass is 16.2. The SMILES string of the molecule is CCN(CC)C(=O)CCNCc1nnn(C)n1. The first-order valence-corrected chi connectivity index (χ1v) is 5.88. The van der Waals surface area contributed by atoms with E-state index in [9.17, 15) is 4.79 Å². The molecule has 7 nitrogen and oxygen atoms in total. The van der Waals surface area contributed by atoms with Gasteiger partial charge in [0, 0.05) is 26.1 Å². The molecule has 0 spiro atoms. The molecule has 0 aliphatic carbocycles. The van der Waals surface area contributed by atoms with E-state index in [1.54, 1.807) is 7.05 Å². The zero-order valence-electron chi connectivity index (χ0n) is 10.7. The van der Waals surface area contributed by atoms with E-state index in [4.69, 9.17) is 0 Å². The van der Waals surface area contributed by atoms with Gasteiger partial charge in [0.05, 0.1) is 13.6 Å². The molecule has 0 aromatic carbocycles. The Morgan fingerprint density at radius 2 is 2.12 bits per heavy atom. The molecule has 0 atom stereocenters. The lowest BCUT2D eigenvalue weighted by molar-refractivity contribution is -0.130. The standard InChI is InChI=1S/C10H20N6O/c1-4-16(5-2)10(17)6-7-11-8-9-12-14-15(3)13-9/h11H,4-8H2,1-3H3. The average Bonchev–Trinajstić information content (AvgIpc) is 2.72. The molecule has 0 unspecified atom stereocenters. The molecule has 0 fully saturated rings. The van der Waals surface area contributed by atoms with Crippen LogP contribution in [0.4, 0.5) is 0 Å². The first kappa shape index (κ1) is 13.6. The smallest absolute Gasteiger partial charge is 0.223 e. The molecular formula is C10H20N6O. The number of carbonyl (C=O) groups excluding carboxylic acids is 1. The first-order chi connectivity index (χ1) is 8.17. The Morgan fingerprint density at radius 1 is 1.41 bits per heavy atom. The Morgan fingerprint density at radius 3 is 2.65 bits per heavy atom. The number of carbonyl (C=O) groups is 1. The van der Waals surface area contributed by atoms with E-state index in [1.165, 1.54) is 4.80 Å². The third-order valence-corrected chi connectivity index (χ3v) is 2.46. The van der Waals surface area contributed by atoms with Crippen molar-refractivity contribution >= 4 is 5.91 Å². The molecule has 0 saturated heterocycles. The van der Waals surface area contributed by atoms with Crippen molar-refractivity contribution in [1.29, 1.82) is 0 Å². The molecule has 0 bridgehead atoms. The number of tetrazole rings is 1. The van der Waals surface area contributed by atoms with E-state index in [-0.39, 0.29) is 5.91 Å². The lowest BCUT2D eigenvalue weighted by atomic mass is 10.3. The summed E-state index contributed by atoms with van der Waals surface area (Å²) in [6.07, 6.45) is 0.502. The van der Waals surface area contributed by atoms with Gasteiger partial charge < -0.3 is 10.2 Å². The van der Waals surface area contributed by atoms with Crippen molar-refractivity contribution in [2.24, 2.45) is 7.05 Å². The zero-order chi connectivity index (χ0) is 12.7. The van der Waals surface area contributed by atoms with E-state index in [0.29, 0.717) is 25.3 Å². The number of rotatable bonds is 7. The molecule has 0 aliphatic heterocycles. The van der Waals surface area contributed by atoms with Crippen molar-refractivity contribution in [1.82, 2.24) is 30.4 Å². The minimum Gasteiger partial charge on any atom is -0.343 e. The number of hydrogen-bond acceptors (Lipinski definition) is 5. The van der Waals surface area contributed by atoms with E-state index >= 15 is 0 Å². The van der Waals surface area contributed by atoms with Crippen LogP contribution in [0.5, 0.6) is 0 Å².